The first kappa shape index (κ1) is 22.7. The molecule has 0 fully saturated rings. The predicted molar refractivity (Wildman–Crippen MR) is 132 cm³/mol. The number of thioether (sulfide) groups is 1. The number of aryl methyl sites for hydroxylation is 2. The van der Waals surface area contributed by atoms with Crippen LogP contribution in [0.2, 0.25) is 0 Å². The molecule has 0 aliphatic rings. The van der Waals surface area contributed by atoms with Gasteiger partial charge < -0.3 is 14.6 Å². The Balaban J connectivity index is 1.52. The number of aromatic nitrogens is 1. The number of hydrogen-bond donors (Lipinski definition) is 1. The van der Waals surface area contributed by atoms with E-state index in [-0.39, 0.29) is 5.91 Å². The molecule has 6 heteroatoms. The summed E-state index contributed by atoms with van der Waals surface area (Å²) in [5.74, 6) is 2.15. The Labute approximate surface area is 198 Å². The highest BCUT2D eigenvalue weighted by atomic mass is 32.2. The van der Waals surface area contributed by atoms with Crippen LogP contribution in [0.15, 0.2) is 82.2 Å². The first-order chi connectivity index (χ1) is 16.0. The fourth-order valence-electron chi connectivity index (χ4n) is 3.65. The van der Waals surface area contributed by atoms with Crippen LogP contribution in [0.3, 0.4) is 0 Å². The third kappa shape index (κ3) is 5.46. The average molecular weight is 459 g/mol. The minimum atomic E-state index is -0.146. The first-order valence-electron chi connectivity index (χ1n) is 10.7. The van der Waals surface area contributed by atoms with Gasteiger partial charge in [-0.05, 0) is 49.7 Å². The summed E-state index contributed by atoms with van der Waals surface area (Å²) in [6.07, 6.45) is 0.720. The van der Waals surface area contributed by atoms with Gasteiger partial charge in [0, 0.05) is 33.9 Å². The summed E-state index contributed by atoms with van der Waals surface area (Å²) in [6.45, 7) is 3.84. The molecule has 0 saturated carbocycles. The number of benzene rings is 3. The maximum Gasteiger partial charge on any atom is 0.256 e. The number of rotatable bonds is 8. The maximum atomic E-state index is 13.2. The van der Waals surface area contributed by atoms with Crippen LogP contribution in [0.5, 0.6) is 5.75 Å². The third-order valence-electron chi connectivity index (χ3n) is 5.46. The molecule has 3 aromatic carbocycles. The van der Waals surface area contributed by atoms with E-state index in [0.717, 1.165) is 45.3 Å². The molecule has 0 unspecified atom stereocenters. The van der Waals surface area contributed by atoms with Gasteiger partial charge in [0.25, 0.3) is 5.91 Å². The van der Waals surface area contributed by atoms with Crippen LogP contribution in [0.4, 0.5) is 5.69 Å². The van der Waals surface area contributed by atoms with E-state index in [2.05, 4.69) is 22.6 Å². The number of amides is 1. The summed E-state index contributed by atoms with van der Waals surface area (Å²) in [7, 11) is 1.66. The second-order valence-electron chi connectivity index (χ2n) is 7.73. The van der Waals surface area contributed by atoms with Gasteiger partial charge in [-0.3, -0.25) is 4.79 Å². The SMILES string of the molecule is COc1ccc(NC(=O)c2ccccc2SCc2c(C)noc2C)cc1Cc1ccccc1. The van der Waals surface area contributed by atoms with Gasteiger partial charge in [0.15, 0.2) is 0 Å². The van der Waals surface area contributed by atoms with Gasteiger partial charge >= 0.3 is 0 Å². The molecule has 0 radical (unpaired) electrons. The van der Waals surface area contributed by atoms with E-state index in [1.807, 2.05) is 74.5 Å². The van der Waals surface area contributed by atoms with Gasteiger partial charge in [0.05, 0.1) is 18.4 Å². The van der Waals surface area contributed by atoms with E-state index in [4.69, 9.17) is 9.26 Å². The van der Waals surface area contributed by atoms with E-state index < -0.39 is 0 Å². The van der Waals surface area contributed by atoms with Gasteiger partial charge in [0.2, 0.25) is 0 Å². The summed E-state index contributed by atoms with van der Waals surface area (Å²) in [5.41, 5.74) is 5.51. The highest BCUT2D eigenvalue weighted by molar-refractivity contribution is 7.98. The summed E-state index contributed by atoms with van der Waals surface area (Å²) < 4.78 is 10.8. The summed E-state index contributed by atoms with van der Waals surface area (Å²) in [4.78, 5) is 14.1. The van der Waals surface area contributed by atoms with E-state index in [0.29, 0.717) is 11.3 Å². The summed E-state index contributed by atoms with van der Waals surface area (Å²) in [6, 6.07) is 23.6. The lowest BCUT2D eigenvalue weighted by Gasteiger charge is -2.13. The number of nitrogens with zero attached hydrogens (tertiary/aromatic N) is 1. The van der Waals surface area contributed by atoms with Gasteiger partial charge in [-0.25, -0.2) is 0 Å². The Hall–Kier alpha value is -3.51. The van der Waals surface area contributed by atoms with E-state index >= 15 is 0 Å². The average Bonchev–Trinajstić information content (AvgIpc) is 3.15. The van der Waals surface area contributed by atoms with Crippen molar-refractivity contribution in [1.82, 2.24) is 5.16 Å². The molecular formula is C27H26N2O3S. The third-order valence-corrected chi connectivity index (χ3v) is 6.56. The molecule has 0 atom stereocenters. The molecule has 1 aromatic heterocycles. The lowest BCUT2D eigenvalue weighted by atomic mass is 10.0. The van der Waals surface area contributed by atoms with Crippen LogP contribution in [0.1, 0.15) is 38.5 Å². The fraction of sp³-hybridized carbons (Fsp3) is 0.185. The molecule has 0 bridgehead atoms. The van der Waals surface area contributed by atoms with Crippen LogP contribution in [0, 0.1) is 13.8 Å². The van der Waals surface area contributed by atoms with Gasteiger partial charge in [-0.1, -0.05) is 47.6 Å². The number of carbonyl (C=O) groups excluding carboxylic acids is 1. The quantitative estimate of drug-likeness (QED) is 0.308. The Morgan fingerprint density at radius 3 is 2.52 bits per heavy atom. The zero-order chi connectivity index (χ0) is 23.2. The predicted octanol–water partition coefficient (Wildman–Crippen LogP) is 6.44. The van der Waals surface area contributed by atoms with Gasteiger partial charge in [-0.2, -0.15) is 0 Å². The van der Waals surface area contributed by atoms with Crippen molar-refractivity contribution < 1.29 is 14.1 Å². The Kier molecular flexibility index (Phi) is 7.15. The second-order valence-corrected chi connectivity index (χ2v) is 8.75. The smallest absolute Gasteiger partial charge is 0.256 e. The largest absolute Gasteiger partial charge is 0.496 e. The highest BCUT2D eigenvalue weighted by Crippen LogP contribution is 2.30. The zero-order valence-corrected chi connectivity index (χ0v) is 19.7. The number of carbonyl (C=O) groups is 1. The van der Waals surface area contributed by atoms with E-state index in [1.165, 1.54) is 5.56 Å². The molecule has 1 N–H and O–H groups in total. The Morgan fingerprint density at radius 1 is 1.03 bits per heavy atom. The lowest BCUT2D eigenvalue weighted by Crippen LogP contribution is -2.13. The molecular weight excluding hydrogens is 432 g/mol. The molecule has 33 heavy (non-hydrogen) atoms. The highest BCUT2D eigenvalue weighted by Gasteiger charge is 2.15. The molecule has 0 spiro atoms. The van der Waals surface area contributed by atoms with Crippen molar-refractivity contribution in [3.8, 4) is 5.75 Å². The zero-order valence-electron chi connectivity index (χ0n) is 18.9. The van der Waals surface area contributed by atoms with Crippen LogP contribution >= 0.6 is 11.8 Å². The number of hydrogen-bond acceptors (Lipinski definition) is 5. The summed E-state index contributed by atoms with van der Waals surface area (Å²) >= 11 is 1.60. The van der Waals surface area contributed by atoms with Crippen molar-refractivity contribution in [2.75, 3.05) is 12.4 Å². The molecule has 0 aliphatic heterocycles. The van der Waals surface area contributed by atoms with Crippen molar-refractivity contribution in [2.45, 2.75) is 30.9 Å². The molecule has 168 valence electrons. The summed E-state index contributed by atoms with van der Waals surface area (Å²) in [5, 5.41) is 7.07. The maximum absolute atomic E-state index is 13.2. The number of ether oxygens (including phenoxy) is 1. The topological polar surface area (TPSA) is 64.4 Å². The minimum absolute atomic E-state index is 0.146. The van der Waals surface area contributed by atoms with Gasteiger partial charge in [0.1, 0.15) is 11.5 Å². The number of anilines is 1. The standard InChI is InChI=1S/C27H26N2O3S/c1-18-24(19(2)32-29-18)17-33-26-12-8-7-11-23(26)27(30)28-22-13-14-25(31-3)21(16-22)15-20-9-5-4-6-10-20/h4-14,16H,15,17H2,1-3H3,(H,28,30). The van der Waals surface area contributed by atoms with E-state index in [1.54, 1.807) is 18.9 Å². The Morgan fingerprint density at radius 2 is 1.79 bits per heavy atom. The minimum Gasteiger partial charge on any atom is -0.496 e. The molecule has 1 heterocycles. The lowest BCUT2D eigenvalue weighted by molar-refractivity contribution is 0.102. The van der Waals surface area contributed by atoms with Crippen molar-refractivity contribution in [2.24, 2.45) is 0 Å². The van der Waals surface area contributed by atoms with Crippen molar-refractivity contribution in [3.05, 3.63) is 107 Å². The van der Waals surface area contributed by atoms with Crippen LogP contribution in [-0.4, -0.2) is 18.2 Å². The number of methoxy groups -OCH3 is 1. The first-order valence-corrected chi connectivity index (χ1v) is 11.7. The van der Waals surface area contributed by atoms with Crippen molar-refractivity contribution >= 4 is 23.4 Å². The fourth-order valence-corrected chi connectivity index (χ4v) is 4.85. The molecule has 1 amide bonds. The van der Waals surface area contributed by atoms with Gasteiger partial charge in [-0.15, -0.1) is 11.8 Å². The molecule has 5 nitrogen and oxygen atoms in total. The van der Waals surface area contributed by atoms with Crippen molar-refractivity contribution in [3.63, 3.8) is 0 Å². The molecule has 0 aliphatic carbocycles. The molecule has 0 saturated heterocycles. The number of nitrogens with one attached hydrogen (secondary N) is 1. The van der Waals surface area contributed by atoms with Crippen LogP contribution < -0.4 is 10.1 Å². The Bertz CT molecular complexity index is 1230. The van der Waals surface area contributed by atoms with Crippen LogP contribution in [-0.2, 0) is 12.2 Å². The monoisotopic (exact) mass is 458 g/mol. The molecule has 4 aromatic rings. The van der Waals surface area contributed by atoms with E-state index in [9.17, 15) is 4.79 Å². The van der Waals surface area contributed by atoms with Crippen molar-refractivity contribution in [1.29, 1.82) is 0 Å². The normalized spacial score (nSPS) is 10.8. The molecule has 4 rings (SSSR count). The van der Waals surface area contributed by atoms with Crippen LogP contribution in [0.25, 0.3) is 0 Å². The second kappa shape index (κ2) is 10.4.